The third kappa shape index (κ3) is 6.49. The summed E-state index contributed by atoms with van der Waals surface area (Å²) in [6.45, 7) is 8.80. The minimum Gasteiger partial charge on any atom is -0.462 e. The van der Waals surface area contributed by atoms with Crippen LogP contribution in [0, 0.1) is 0 Å². The average molecular weight is 491 g/mol. The van der Waals surface area contributed by atoms with E-state index in [2.05, 4.69) is 25.0 Å². The lowest BCUT2D eigenvalue weighted by molar-refractivity contribution is -0.153. The van der Waals surface area contributed by atoms with Crippen LogP contribution in [-0.2, 0) is 25.4 Å². The highest BCUT2D eigenvalue weighted by Gasteiger charge is 2.39. The molecule has 13 heteroatoms. The van der Waals surface area contributed by atoms with Gasteiger partial charge in [0, 0.05) is 12.4 Å². The number of imidazole rings is 1. The summed E-state index contributed by atoms with van der Waals surface area (Å²) in [5.74, 6) is 0.0476. The van der Waals surface area contributed by atoms with Gasteiger partial charge in [-0.3, -0.25) is 14.3 Å². The molecule has 0 fully saturated rings. The molecule has 3 aromatic rings. The zero-order valence-corrected chi connectivity index (χ0v) is 20.7. The van der Waals surface area contributed by atoms with Gasteiger partial charge in [0.15, 0.2) is 11.5 Å². The molecule has 0 amide bonds. The van der Waals surface area contributed by atoms with Crippen molar-refractivity contribution in [1.29, 1.82) is 0 Å². The molecule has 3 rings (SSSR count). The number of fused-ring (bicyclic) bond motifs is 1. The van der Waals surface area contributed by atoms with Crippen molar-refractivity contribution in [3.63, 3.8) is 0 Å². The molecule has 0 aromatic carbocycles. The Bertz CT molecular complexity index is 1170. The molecule has 3 N–H and O–H groups in total. The maximum Gasteiger partial charge on any atom is 0.342 e. The first-order valence-electron chi connectivity index (χ1n) is 10.7. The van der Waals surface area contributed by atoms with E-state index < -0.39 is 25.1 Å². The summed E-state index contributed by atoms with van der Waals surface area (Å²) >= 11 is 0. The number of anilines is 1. The topological polar surface area (TPSA) is 156 Å². The Balaban J connectivity index is 1.74. The molecule has 184 valence electrons. The number of nitrogens with zero attached hydrogens (tertiary/aromatic N) is 5. The third-order valence-electron chi connectivity index (χ3n) is 4.62. The van der Waals surface area contributed by atoms with Crippen LogP contribution in [0.25, 0.3) is 11.2 Å². The Morgan fingerprint density at radius 2 is 1.91 bits per heavy atom. The second-order valence-corrected chi connectivity index (χ2v) is 10.6. The number of ether oxygens (including phenoxy) is 2. The number of carbonyl (C=O) groups excluding carboxylic acids is 1. The van der Waals surface area contributed by atoms with Crippen molar-refractivity contribution in [2.75, 3.05) is 12.1 Å². The van der Waals surface area contributed by atoms with Gasteiger partial charge in [0.05, 0.1) is 25.1 Å². The van der Waals surface area contributed by atoms with Crippen LogP contribution in [-0.4, -0.2) is 54.6 Å². The van der Waals surface area contributed by atoms with E-state index in [1.165, 1.54) is 18.7 Å². The summed E-state index contributed by atoms with van der Waals surface area (Å²) in [6, 6.07) is 3.14. The lowest BCUT2D eigenvalue weighted by Crippen LogP contribution is -2.48. The number of nitrogen functional groups attached to an aromatic ring is 1. The van der Waals surface area contributed by atoms with Gasteiger partial charge in [-0.25, -0.2) is 20.0 Å². The van der Waals surface area contributed by atoms with Gasteiger partial charge < -0.3 is 24.3 Å². The Labute approximate surface area is 197 Å². The number of nitrogens with two attached hydrogens (primary N) is 1. The second-order valence-electron chi connectivity index (χ2n) is 8.57. The van der Waals surface area contributed by atoms with Crippen LogP contribution in [0.1, 0.15) is 34.6 Å². The fourth-order valence-corrected chi connectivity index (χ4v) is 5.09. The molecule has 0 aliphatic heterocycles. The third-order valence-corrected chi connectivity index (χ3v) is 6.51. The molecule has 0 bridgehead atoms. The Morgan fingerprint density at radius 3 is 2.59 bits per heavy atom. The number of nitrogens with one attached hydrogen (secondary N) is 1. The Kier molecular flexibility index (Phi) is 7.86. The molecule has 34 heavy (non-hydrogen) atoms. The lowest BCUT2D eigenvalue weighted by Gasteiger charge is -2.31. The van der Waals surface area contributed by atoms with Crippen molar-refractivity contribution in [2.24, 2.45) is 0 Å². The predicted octanol–water partition coefficient (Wildman–Crippen LogP) is 2.76. The zero-order chi connectivity index (χ0) is 24.9. The van der Waals surface area contributed by atoms with Gasteiger partial charge in [-0.15, -0.1) is 0 Å². The number of rotatable bonds is 11. The van der Waals surface area contributed by atoms with Crippen LogP contribution in [0.3, 0.4) is 0 Å². The summed E-state index contributed by atoms with van der Waals surface area (Å²) in [5, 5.41) is 2.83. The number of pyridine rings is 1. The molecule has 0 spiro atoms. The molecule has 12 nitrogen and oxygen atoms in total. The lowest BCUT2D eigenvalue weighted by atomic mass is 10.1. The van der Waals surface area contributed by atoms with E-state index in [1.54, 1.807) is 50.7 Å². The highest BCUT2D eigenvalue weighted by Crippen LogP contribution is 2.45. The number of aromatic nitrogens is 5. The fourth-order valence-electron chi connectivity index (χ4n) is 3.07. The van der Waals surface area contributed by atoms with Gasteiger partial charge in [-0.2, -0.15) is 0 Å². The van der Waals surface area contributed by atoms with Gasteiger partial charge in [-0.1, -0.05) is 0 Å². The Morgan fingerprint density at radius 1 is 1.21 bits per heavy atom. The molecule has 0 aliphatic rings. The highest BCUT2D eigenvalue weighted by molar-refractivity contribution is 7.57. The van der Waals surface area contributed by atoms with E-state index in [0.717, 1.165) is 0 Å². The highest BCUT2D eigenvalue weighted by atomic mass is 31.2. The van der Waals surface area contributed by atoms with E-state index in [0.29, 0.717) is 23.5 Å². The zero-order valence-electron chi connectivity index (χ0n) is 19.8. The maximum absolute atomic E-state index is 13.8. The van der Waals surface area contributed by atoms with Crippen LogP contribution in [0.4, 0.5) is 5.82 Å². The number of hydrogen-bond donors (Lipinski definition) is 2. The van der Waals surface area contributed by atoms with Crippen LogP contribution in [0.15, 0.2) is 37.2 Å². The summed E-state index contributed by atoms with van der Waals surface area (Å²) in [6.07, 6.45) is 4.94. The summed E-state index contributed by atoms with van der Waals surface area (Å²) in [5.41, 5.74) is 5.60. The maximum atomic E-state index is 13.8. The van der Waals surface area contributed by atoms with Crippen molar-refractivity contribution in [3.8, 4) is 5.75 Å². The number of hydrogen-bond acceptors (Lipinski definition) is 10. The molecule has 3 aromatic heterocycles. The molecule has 0 saturated heterocycles. The van der Waals surface area contributed by atoms with Crippen molar-refractivity contribution >= 4 is 30.5 Å². The van der Waals surface area contributed by atoms with Crippen molar-refractivity contribution in [3.05, 3.63) is 37.2 Å². The monoisotopic (exact) mass is 491 g/mol. The molecule has 0 unspecified atom stereocenters. The summed E-state index contributed by atoms with van der Waals surface area (Å²) in [4.78, 5) is 28.9. The van der Waals surface area contributed by atoms with E-state index in [-0.39, 0.29) is 18.3 Å². The first kappa shape index (κ1) is 25.5. The molecular formula is C21H30N7O5P. The first-order chi connectivity index (χ1) is 16.0. The normalized spacial score (nSPS) is 14.6. The van der Waals surface area contributed by atoms with E-state index in [9.17, 15) is 9.36 Å². The van der Waals surface area contributed by atoms with Crippen LogP contribution in [0.5, 0.6) is 5.75 Å². The minimum absolute atomic E-state index is 0.285. The number of esters is 1. The van der Waals surface area contributed by atoms with Crippen LogP contribution in [0.2, 0.25) is 0 Å². The van der Waals surface area contributed by atoms with Crippen molar-refractivity contribution in [1.82, 2.24) is 29.6 Å². The fraction of sp³-hybridized carbons (Fsp3) is 0.476. The van der Waals surface area contributed by atoms with Crippen molar-refractivity contribution in [2.45, 2.75) is 58.9 Å². The average Bonchev–Trinajstić information content (AvgIpc) is 3.16. The number of carbonyl (C=O) groups is 1. The molecule has 2 atom stereocenters. The summed E-state index contributed by atoms with van der Waals surface area (Å²) < 4.78 is 32.6. The first-order valence-corrected chi connectivity index (χ1v) is 12.5. The standard InChI is InChI=1S/C21H30N7O5P/c1-14(2)32-20(29)21(4,5)27-34(30,33-16-6-8-23-9-7-16)13-31-15(3)10-28-12-26-17-18(22)24-11-25-19(17)28/h6-9,11-12,14-15H,10,13H2,1-5H3,(H,27,30)(H2,22,24,25)/t15-,34+/m1/s1. The van der Waals surface area contributed by atoms with Gasteiger partial charge in [0.25, 0.3) is 0 Å². The van der Waals surface area contributed by atoms with Gasteiger partial charge in [-0.05, 0) is 46.8 Å². The van der Waals surface area contributed by atoms with Crippen LogP contribution >= 0.6 is 7.52 Å². The van der Waals surface area contributed by atoms with E-state index in [4.69, 9.17) is 19.7 Å². The molecule has 0 saturated carbocycles. The predicted molar refractivity (Wildman–Crippen MR) is 126 cm³/mol. The molecule has 3 heterocycles. The largest absolute Gasteiger partial charge is 0.462 e. The molecule has 0 aliphatic carbocycles. The van der Waals surface area contributed by atoms with Crippen molar-refractivity contribution < 1.29 is 23.4 Å². The van der Waals surface area contributed by atoms with Crippen LogP contribution < -0.4 is 15.3 Å². The Hall–Kier alpha value is -3.08. The quantitative estimate of drug-likeness (QED) is 0.300. The van der Waals surface area contributed by atoms with E-state index >= 15 is 0 Å². The SMILES string of the molecule is CC(C)OC(=O)C(C)(C)N[P@](=O)(CO[C@H](C)Cn1cnc2c(N)ncnc21)Oc1ccncc1. The summed E-state index contributed by atoms with van der Waals surface area (Å²) in [7, 11) is -3.73. The van der Waals surface area contributed by atoms with Gasteiger partial charge in [0.2, 0.25) is 0 Å². The molecular weight excluding hydrogens is 461 g/mol. The van der Waals surface area contributed by atoms with Gasteiger partial charge in [0.1, 0.15) is 29.5 Å². The van der Waals surface area contributed by atoms with Gasteiger partial charge >= 0.3 is 13.5 Å². The molecule has 0 radical (unpaired) electrons. The smallest absolute Gasteiger partial charge is 0.342 e. The van der Waals surface area contributed by atoms with E-state index in [1.807, 2.05) is 6.92 Å². The second kappa shape index (κ2) is 10.5. The minimum atomic E-state index is -3.73.